The number of aromatic nitrogens is 2. The van der Waals surface area contributed by atoms with Crippen LogP contribution in [-0.2, 0) is 11.3 Å². The van der Waals surface area contributed by atoms with Gasteiger partial charge >= 0.3 is 0 Å². The van der Waals surface area contributed by atoms with Gasteiger partial charge in [0, 0.05) is 36.8 Å². The first-order chi connectivity index (χ1) is 17.9. The van der Waals surface area contributed by atoms with E-state index in [4.69, 9.17) is 5.26 Å². The highest BCUT2D eigenvalue weighted by atomic mass is 19.1. The molecule has 37 heavy (non-hydrogen) atoms. The van der Waals surface area contributed by atoms with Crippen molar-refractivity contribution in [1.82, 2.24) is 14.8 Å². The van der Waals surface area contributed by atoms with Crippen molar-refractivity contribution in [1.29, 1.82) is 5.26 Å². The molecule has 190 valence electrons. The van der Waals surface area contributed by atoms with Crippen LogP contribution in [0.15, 0.2) is 47.7 Å². The van der Waals surface area contributed by atoms with E-state index in [1.807, 2.05) is 23.0 Å². The fraction of sp³-hybridized carbons (Fsp3) is 0.448. The number of carbonyl (C=O) groups excluding carboxylic acids is 1. The van der Waals surface area contributed by atoms with Crippen molar-refractivity contribution >= 4 is 23.0 Å². The summed E-state index contributed by atoms with van der Waals surface area (Å²) in [6.07, 6.45) is 12.5. The molecule has 1 atom stereocenters. The summed E-state index contributed by atoms with van der Waals surface area (Å²) >= 11 is 0. The second-order valence-corrected chi connectivity index (χ2v) is 11.2. The molecule has 1 aliphatic heterocycles. The standard InChI is InChI=1S/C29H29F2N5O/c30-23-12-21(13-24(31)14-23)26-7-9-33-36(26)27(37)29-17-28(18-29,19-29)8-3-1-2-4-10-35-16-22-11-20(15-32)5-6-25(22)34-35/h5-6,9,11-14,16,26H,1-4,7-8,10,17-19H2. The normalized spacial score (nSPS) is 25.6. The van der Waals surface area contributed by atoms with E-state index in [9.17, 15) is 13.6 Å². The quantitative estimate of drug-likeness (QED) is 0.325. The van der Waals surface area contributed by atoms with E-state index in [0.717, 1.165) is 74.9 Å². The lowest BCUT2D eigenvalue weighted by molar-refractivity contribution is -0.220. The van der Waals surface area contributed by atoms with Gasteiger partial charge in [-0.1, -0.05) is 19.3 Å². The number of nitrogens with zero attached hydrogens (tertiary/aromatic N) is 5. The van der Waals surface area contributed by atoms with Gasteiger partial charge in [0.1, 0.15) is 11.6 Å². The van der Waals surface area contributed by atoms with Crippen LogP contribution < -0.4 is 0 Å². The number of hydrazone groups is 1. The summed E-state index contributed by atoms with van der Waals surface area (Å²) in [7, 11) is 0. The SMILES string of the molecule is N#Cc1ccc2nn(CCCCCCC34CC(C(=O)N5N=CCC5c5cc(F)cc(F)c5)(C3)C4)cc2c1. The number of rotatable bonds is 9. The molecule has 1 unspecified atom stereocenters. The molecular weight excluding hydrogens is 472 g/mol. The summed E-state index contributed by atoms with van der Waals surface area (Å²) in [5.74, 6) is -1.26. The maximum atomic E-state index is 13.7. The van der Waals surface area contributed by atoms with Gasteiger partial charge in [-0.15, -0.1) is 0 Å². The van der Waals surface area contributed by atoms with Crippen LogP contribution >= 0.6 is 0 Å². The lowest BCUT2D eigenvalue weighted by Crippen LogP contribution is -2.67. The molecule has 8 heteroatoms. The van der Waals surface area contributed by atoms with Crippen molar-refractivity contribution in [3.8, 4) is 6.07 Å². The maximum Gasteiger partial charge on any atom is 0.249 e. The molecule has 0 radical (unpaired) electrons. The second-order valence-electron chi connectivity index (χ2n) is 11.2. The first-order valence-corrected chi connectivity index (χ1v) is 13.1. The summed E-state index contributed by atoms with van der Waals surface area (Å²) in [5, 5.41) is 20.4. The van der Waals surface area contributed by atoms with Gasteiger partial charge in [0.25, 0.3) is 0 Å². The highest BCUT2D eigenvalue weighted by Gasteiger charge is 2.71. The Kier molecular flexibility index (Phi) is 5.82. The lowest BCUT2D eigenvalue weighted by Gasteiger charge is -2.70. The lowest BCUT2D eigenvalue weighted by atomic mass is 9.33. The first kappa shape index (κ1) is 23.8. The minimum Gasteiger partial charge on any atom is -0.272 e. The Morgan fingerprint density at radius 3 is 2.57 bits per heavy atom. The monoisotopic (exact) mass is 501 g/mol. The fourth-order valence-electron chi connectivity index (χ4n) is 6.78. The topological polar surface area (TPSA) is 74.3 Å². The van der Waals surface area contributed by atoms with Gasteiger partial charge < -0.3 is 0 Å². The van der Waals surface area contributed by atoms with Gasteiger partial charge in [-0.25, -0.2) is 13.8 Å². The zero-order chi connectivity index (χ0) is 25.6. The third-order valence-electron chi connectivity index (χ3n) is 8.43. The van der Waals surface area contributed by atoms with Crippen LogP contribution in [0, 0.1) is 33.8 Å². The van der Waals surface area contributed by atoms with Gasteiger partial charge in [0.05, 0.1) is 28.6 Å². The number of halogens is 2. The Balaban J connectivity index is 0.940. The molecule has 0 saturated heterocycles. The zero-order valence-corrected chi connectivity index (χ0v) is 20.7. The van der Waals surface area contributed by atoms with E-state index in [1.54, 1.807) is 12.3 Å². The third kappa shape index (κ3) is 4.30. The molecule has 6 nitrogen and oxygen atoms in total. The Bertz CT molecular complexity index is 1400. The number of aryl methyl sites for hydroxylation is 1. The number of carbonyl (C=O) groups is 1. The van der Waals surface area contributed by atoms with Gasteiger partial charge in [0.2, 0.25) is 5.91 Å². The van der Waals surface area contributed by atoms with Crippen LogP contribution in [0.25, 0.3) is 10.9 Å². The van der Waals surface area contributed by atoms with E-state index >= 15 is 0 Å². The average molecular weight is 502 g/mol. The first-order valence-electron chi connectivity index (χ1n) is 13.1. The zero-order valence-electron chi connectivity index (χ0n) is 20.7. The van der Waals surface area contributed by atoms with Crippen LogP contribution in [0.3, 0.4) is 0 Å². The van der Waals surface area contributed by atoms with E-state index in [0.29, 0.717) is 17.5 Å². The molecule has 2 bridgehead atoms. The fourth-order valence-corrected chi connectivity index (χ4v) is 6.78. The molecule has 3 saturated carbocycles. The number of hydrogen-bond acceptors (Lipinski definition) is 4. The number of fused-ring (bicyclic) bond motifs is 1. The van der Waals surface area contributed by atoms with E-state index < -0.39 is 17.7 Å². The van der Waals surface area contributed by atoms with Crippen LogP contribution in [0.5, 0.6) is 0 Å². The van der Waals surface area contributed by atoms with Crippen LogP contribution in [-0.4, -0.2) is 26.9 Å². The van der Waals surface area contributed by atoms with Crippen molar-refractivity contribution in [2.24, 2.45) is 15.9 Å². The van der Waals surface area contributed by atoms with Crippen molar-refractivity contribution in [2.75, 3.05) is 0 Å². The van der Waals surface area contributed by atoms with Crippen molar-refractivity contribution in [3.05, 3.63) is 65.4 Å². The molecule has 2 aromatic carbocycles. The van der Waals surface area contributed by atoms with Gasteiger partial charge in [-0.2, -0.15) is 15.5 Å². The minimum absolute atomic E-state index is 0.00583. The van der Waals surface area contributed by atoms with Crippen molar-refractivity contribution in [2.45, 2.75) is 70.4 Å². The Labute approximate surface area is 214 Å². The van der Waals surface area contributed by atoms with Gasteiger partial charge in [-0.3, -0.25) is 9.48 Å². The summed E-state index contributed by atoms with van der Waals surface area (Å²) < 4.78 is 29.4. The number of hydrogen-bond donors (Lipinski definition) is 0. The number of nitriles is 1. The van der Waals surface area contributed by atoms with Crippen LogP contribution in [0.1, 0.15) is 75.0 Å². The Hall–Kier alpha value is -3.60. The van der Waals surface area contributed by atoms with E-state index in [1.165, 1.54) is 17.1 Å². The summed E-state index contributed by atoms with van der Waals surface area (Å²) in [5.41, 5.74) is 1.98. The van der Waals surface area contributed by atoms with Crippen LogP contribution in [0.4, 0.5) is 8.78 Å². The molecule has 1 aromatic heterocycles. The molecule has 0 N–H and O–H groups in total. The minimum atomic E-state index is -0.633. The summed E-state index contributed by atoms with van der Waals surface area (Å²) in [4.78, 5) is 13.3. The Morgan fingerprint density at radius 1 is 1.05 bits per heavy atom. The average Bonchev–Trinajstić information content (AvgIpc) is 3.47. The molecule has 3 aliphatic carbocycles. The smallest absolute Gasteiger partial charge is 0.249 e. The number of unbranched alkanes of at least 4 members (excludes halogenated alkanes) is 3. The predicted octanol–water partition coefficient (Wildman–Crippen LogP) is 6.27. The molecule has 1 amide bonds. The third-order valence-corrected chi connectivity index (χ3v) is 8.43. The highest BCUT2D eigenvalue weighted by Crippen LogP contribution is 2.76. The van der Waals surface area contributed by atoms with Gasteiger partial charge in [0.15, 0.2) is 0 Å². The molecule has 3 fully saturated rings. The van der Waals surface area contributed by atoms with Crippen molar-refractivity contribution in [3.63, 3.8) is 0 Å². The second kappa shape index (κ2) is 9.05. The molecule has 7 rings (SSSR count). The molecule has 2 heterocycles. The maximum absolute atomic E-state index is 13.7. The van der Waals surface area contributed by atoms with E-state index in [-0.39, 0.29) is 16.7 Å². The van der Waals surface area contributed by atoms with Crippen LogP contribution in [0.2, 0.25) is 0 Å². The number of benzene rings is 2. The van der Waals surface area contributed by atoms with Gasteiger partial charge in [-0.05, 0) is 73.4 Å². The largest absolute Gasteiger partial charge is 0.272 e. The number of amides is 1. The highest BCUT2D eigenvalue weighted by molar-refractivity contribution is 5.88. The summed E-state index contributed by atoms with van der Waals surface area (Å²) in [6.45, 7) is 0.867. The molecule has 4 aliphatic rings. The molecular formula is C29H29F2N5O. The van der Waals surface area contributed by atoms with E-state index in [2.05, 4.69) is 16.3 Å². The predicted molar refractivity (Wildman–Crippen MR) is 135 cm³/mol. The molecule has 0 spiro atoms. The summed E-state index contributed by atoms with van der Waals surface area (Å²) in [6, 6.07) is 10.7. The molecule has 3 aromatic rings. The Morgan fingerprint density at radius 2 is 1.81 bits per heavy atom. The van der Waals surface area contributed by atoms with Crippen molar-refractivity contribution < 1.29 is 13.6 Å².